The lowest BCUT2D eigenvalue weighted by Crippen LogP contribution is -2.33. The molecule has 0 bridgehead atoms. The second-order valence-corrected chi connectivity index (χ2v) is 6.14. The second-order valence-electron chi connectivity index (χ2n) is 6.14. The van der Waals surface area contributed by atoms with Gasteiger partial charge in [0.2, 0.25) is 5.91 Å². The largest absolute Gasteiger partial charge is 0.389 e. The maximum Gasteiger partial charge on any atom is 0.227 e. The number of benzene rings is 1. The van der Waals surface area contributed by atoms with Gasteiger partial charge in [0.05, 0.1) is 17.7 Å². The van der Waals surface area contributed by atoms with Crippen molar-refractivity contribution < 1.29 is 9.90 Å². The van der Waals surface area contributed by atoms with Crippen LogP contribution in [0.4, 0.5) is 5.69 Å². The molecule has 0 saturated heterocycles. The monoisotopic (exact) mass is 331 g/mol. The number of amides is 1. The third-order valence-electron chi connectivity index (χ3n) is 3.92. The van der Waals surface area contributed by atoms with E-state index in [1.807, 2.05) is 26.0 Å². The highest BCUT2D eigenvalue weighted by atomic mass is 16.3. The molecule has 1 heterocycles. The van der Waals surface area contributed by atoms with Crippen LogP contribution in [-0.4, -0.2) is 36.8 Å². The van der Waals surface area contributed by atoms with Crippen LogP contribution in [0.1, 0.15) is 51.8 Å². The fourth-order valence-corrected chi connectivity index (χ4v) is 2.92. The standard InChI is InChI=1S/C17H25N5O2/c1-4-9-17(24,10-5-2)12-16(23)18-14-7-6-8-15(11-14)22-13(3)19-20-21-22/h6-8,11,24H,4-5,9-10,12H2,1-3H3,(H,18,23). The molecule has 1 aromatic heterocycles. The number of hydrogen-bond acceptors (Lipinski definition) is 5. The van der Waals surface area contributed by atoms with Crippen LogP contribution in [0.3, 0.4) is 0 Å². The molecule has 0 aliphatic heterocycles. The van der Waals surface area contributed by atoms with Gasteiger partial charge in [0.1, 0.15) is 0 Å². The molecule has 7 nitrogen and oxygen atoms in total. The number of aliphatic hydroxyl groups is 1. The van der Waals surface area contributed by atoms with Crippen LogP contribution in [0.2, 0.25) is 0 Å². The van der Waals surface area contributed by atoms with Gasteiger partial charge < -0.3 is 10.4 Å². The Hall–Kier alpha value is -2.28. The molecule has 0 radical (unpaired) electrons. The van der Waals surface area contributed by atoms with Crippen molar-refractivity contribution in [2.24, 2.45) is 0 Å². The Bertz CT molecular complexity index is 677. The number of hydrogen-bond donors (Lipinski definition) is 2. The highest BCUT2D eigenvalue weighted by molar-refractivity contribution is 5.91. The molecule has 1 amide bonds. The molecule has 0 aliphatic rings. The summed E-state index contributed by atoms with van der Waals surface area (Å²) in [6, 6.07) is 7.31. The number of aromatic nitrogens is 4. The van der Waals surface area contributed by atoms with Crippen LogP contribution in [0.15, 0.2) is 24.3 Å². The predicted octanol–water partition coefficient (Wildman–Crippen LogP) is 2.63. The number of nitrogens with zero attached hydrogens (tertiary/aromatic N) is 4. The van der Waals surface area contributed by atoms with E-state index in [0.717, 1.165) is 18.5 Å². The molecule has 2 N–H and O–H groups in total. The zero-order valence-corrected chi connectivity index (χ0v) is 14.5. The summed E-state index contributed by atoms with van der Waals surface area (Å²) >= 11 is 0. The average molecular weight is 331 g/mol. The van der Waals surface area contributed by atoms with Gasteiger partial charge in [0.15, 0.2) is 5.82 Å². The highest BCUT2D eigenvalue weighted by Gasteiger charge is 2.28. The van der Waals surface area contributed by atoms with E-state index in [0.29, 0.717) is 24.4 Å². The van der Waals surface area contributed by atoms with Gasteiger partial charge in [-0.25, -0.2) is 0 Å². The number of anilines is 1. The third kappa shape index (κ3) is 4.61. The zero-order chi connectivity index (χ0) is 17.6. The molecule has 0 unspecified atom stereocenters. The first kappa shape index (κ1) is 18.1. The van der Waals surface area contributed by atoms with Gasteiger partial charge >= 0.3 is 0 Å². The Labute approximate surface area is 142 Å². The first-order chi connectivity index (χ1) is 11.5. The third-order valence-corrected chi connectivity index (χ3v) is 3.92. The van der Waals surface area contributed by atoms with Gasteiger partial charge in [-0.1, -0.05) is 32.8 Å². The maximum atomic E-state index is 12.3. The van der Waals surface area contributed by atoms with Gasteiger partial charge in [-0.15, -0.1) is 5.10 Å². The van der Waals surface area contributed by atoms with Crippen molar-refractivity contribution in [3.8, 4) is 5.69 Å². The minimum Gasteiger partial charge on any atom is -0.389 e. The van der Waals surface area contributed by atoms with Gasteiger partial charge in [0, 0.05) is 5.69 Å². The minimum absolute atomic E-state index is 0.100. The number of carbonyl (C=O) groups is 1. The van der Waals surface area contributed by atoms with E-state index >= 15 is 0 Å². The molecular formula is C17H25N5O2. The summed E-state index contributed by atoms with van der Waals surface area (Å²) in [7, 11) is 0. The van der Waals surface area contributed by atoms with Crippen LogP contribution in [0, 0.1) is 6.92 Å². The summed E-state index contributed by atoms with van der Waals surface area (Å²) in [5, 5.41) is 24.9. The average Bonchev–Trinajstić information content (AvgIpc) is 2.93. The fourth-order valence-electron chi connectivity index (χ4n) is 2.92. The van der Waals surface area contributed by atoms with Gasteiger partial charge in [-0.3, -0.25) is 4.79 Å². The normalized spacial score (nSPS) is 11.5. The number of nitrogens with one attached hydrogen (secondary N) is 1. The number of tetrazole rings is 1. The Morgan fingerprint density at radius 2 is 2.00 bits per heavy atom. The lowest BCUT2D eigenvalue weighted by Gasteiger charge is -2.26. The van der Waals surface area contributed by atoms with Gasteiger partial charge in [-0.05, 0) is 48.4 Å². The second kappa shape index (κ2) is 8.01. The van der Waals surface area contributed by atoms with Crippen molar-refractivity contribution in [3.05, 3.63) is 30.1 Å². The Morgan fingerprint density at radius 3 is 2.58 bits per heavy atom. The van der Waals surface area contributed by atoms with Crippen molar-refractivity contribution in [2.45, 2.75) is 58.5 Å². The Balaban J connectivity index is 2.08. The van der Waals surface area contributed by atoms with E-state index in [9.17, 15) is 9.90 Å². The molecule has 7 heteroatoms. The van der Waals surface area contributed by atoms with E-state index in [2.05, 4.69) is 20.8 Å². The molecule has 0 saturated carbocycles. The lowest BCUT2D eigenvalue weighted by atomic mass is 9.89. The van der Waals surface area contributed by atoms with Crippen LogP contribution < -0.4 is 5.32 Å². The first-order valence-corrected chi connectivity index (χ1v) is 8.35. The van der Waals surface area contributed by atoms with E-state index < -0.39 is 5.60 Å². The molecule has 2 rings (SSSR count). The summed E-state index contributed by atoms with van der Waals surface area (Å²) < 4.78 is 1.60. The lowest BCUT2D eigenvalue weighted by molar-refractivity contribution is -0.121. The molecule has 0 fully saturated rings. The minimum atomic E-state index is -0.933. The molecule has 2 aromatic rings. The molecule has 0 aliphatic carbocycles. The maximum absolute atomic E-state index is 12.3. The summed E-state index contributed by atoms with van der Waals surface area (Å²) in [6.45, 7) is 5.83. The van der Waals surface area contributed by atoms with Gasteiger partial charge in [0.25, 0.3) is 0 Å². The predicted molar refractivity (Wildman–Crippen MR) is 91.9 cm³/mol. The smallest absolute Gasteiger partial charge is 0.227 e. The Morgan fingerprint density at radius 1 is 1.29 bits per heavy atom. The number of carbonyl (C=O) groups excluding carboxylic acids is 1. The molecular weight excluding hydrogens is 306 g/mol. The van der Waals surface area contributed by atoms with Crippen molar-refractivity contribution in [3.63, 3.8) is 0 Å². The molecule has 1 aromatic carbocycles. The quantitative estimate of drug-likeness (QED) is 0.775. The molecule has 24 heavy (non-hydrogen) atoms. The SMILES string of the molecule is CCCC(O)(CCC)CC(=O)Nc1cccc(-n2nnnc2C)c1. The summed E-state index contributed by atoms with van der Waals surface area (Å²) in [5.74, 6) is 0.476. The van der Waals surface area contributed by atoms with Crippen molar-refractivity contribution in [1.82, 2.24) is 20.2 Å². The number of aryl methyl sites for hydroxylation is 1. The van der Waals surface area contributed by atoms with Crippen LogP contribution >= 0.6 is 0 Å². The molecule has 0 atom stereocenters. The first-order valence-electron chi connectivity index (χ1n) is 8.35. The topological polar surface area (TPSA) is 92.9 Å². The van der Waals surface area contributed by atoms with Crippen molar-refractivity contribution in [1.29, 1.82) is 0 Å². The van der Waals surface area contributed by atoms with E-state index in [1.165, 1.54) is 0 Å². The number of rotatable bonds is 8. The van der Waals surface area contributed by atoms with Crippen molar-refractivity contribution >= 4 is 11.6 Å². The van der Waals surface area contributed by atoms with E-state index in [1.54, 1.807) is 23.7 Å². The summed E-state index contributed by atoms with van der Waals surface area (Å²) in [4.78, 5) is 12.3. The summed E-state index contributed by atoms with van der Waals surface area (Å²) in [6.07, 6.45) is 3.04. The van der Waals surface area contributed by atoms with Crippen LogP contribution in [0.25, 0.3) is 5.69 Å². The zero-order valence-electron chi connectivity index (χ0n) is 14.5. The van der Waals surface area contributed by atoms with E-state index in [-0.39, 0.29) is 12.3 Å². The van der Waals surface area contributed by atoms with Gasteiger partial charge in [-0.2, -0.15) is 4.68 Å². The van der Waals surface area contributed by atoms with E-state index in [4.69, 9.17) is 0 Å². The Kier molecular flexibility index (Phi) is 6.03. The van der Waals surface area contributed by atoms with Crippen molar-refractivity contribution in [2.75, 3.05) is 5.32 Å². The fraction of sp³-hybridized carbons (Fsp3) is 0.529. The van der Waals surface area contributed by atoms with Crippen LogP contribution in [-0.2, 0) is 4.79 Å². The van der Waals surface area contributed by atoms with Crippen LogP contribution in [0.5, 0.6) is 0 Å². The molecule has 130 valence electrons. The molecule has 0 spiro atoms. The summed E-state index contributed by atoms with van der Waals surface area (Å²) in [5.41, 5.74) is 0.493. The highest BCUT2D eigenvalue weighted by Crippen LogP contribution is 2.24.